The number of hydrogen-bond donors (Lipinski definition) is 1. The van der Waals surface area contributed by atoms with Crippen molar-refractivity contribution in [2.24, 2.45) is 0 Å². The molecule has 0 radical (unpaired) electrons. The molecule has 1 unspecified atom stereocenters. The van der Waals surface area contributed by atoms with Crippen LogP contribution in [0.3, 0.4) is 0 Å². The standard InChI is InChI=1S/C18H18O6/c1-21-11-7-16(23-3)18-13(20)9-15(24-17(18)8-11)10-4-5-14(22-2)12(19)6-10/h4-8,15,19H,9H2,1-3H3. The molecule has 1 aliphatic heterocycles. The number of rotatable bonds is 4. The van der Waals surface area contributed by atoms with Crippen molar-refractivity contribution in [3.63, 3.8) is 0 Å². The second-order valence-corrected chi connectivity index (χ2v) is 5.37. The van der Waals surface area contributed by atoms with Crippen LogP contribution >= 0.6 is 0 Å². The maximum Gasteiger partial charge on any atom is 0.174 e. The summed E-state index contributed by atoms with van der Waals surface area (Å²) in [5.41, 5.74) is 1.10. The van der Waals surface area contributed by atoms with Gasteiger partial charge < -0.3 is 24.1 Å². The molecule has 1 aliphatic rings. The van der Waals surface area contributed by atoms with Gasteiger partial charge in [0, 0.05) is 12.1 Å². The number of carbonyl (C=O) groups excluding carboxylic acids is 1. The molecular weight excluding hydrogens is 312 g/mol. The zero-order valence-corrected chi connectivity index (χ0v) is 13.7. The van der Waals surface area contributed by atoms with Crippen LogP contribution in [-0.2, 0) is 0 Å². The SMILES string of the molecule is COc1cc(OC)c2c(c1)OC(c1ccc(OC)c(O)c1)CC2=O. The molecule has 126 valence electrons. The highest BCUT2D eigenvalue weighted by Gasteiger charge is 2.31. The fraction of sp³-hybridized carbons (Fsp3) is 0.278. The van der Waals surface area contributed by atoms with Crippen molar-refractivity contribution in [1.82, 2.24) is 0 Å². The molecule has 0 amide bonds. The van der Waals surface area contributed by atoms with Crippen LogP contribution in [-0.4, -0.2) is 32.2 Å². The fourth-order valence-corrected chi connectivity index (χ4v) is 2.77. The third-order valence-corrected chi connectivity index (χ3v) is 3.99. The molecule has 1 heterocycles. The van der Waals surface area contributed by atoms with E-state index in [-0.39, 0.29) is 18.0 Å². The first-order chi connectivity index (χ1) is 11.6. The summed E-state index contributed by atoms with van der Waals surface area (Å²) in [4.78, 5) is 12.6. The molecule has 0 bridgehead atoms. The van der Waals surface area contributed by atoms with Gasteiger partial charge in [0.2, 0.25) is 0 Å². The molecule has 1 N–H and O–H groups in total. The van der Waals surface area contributed by atoms with Gasteiger partial charge in [0.1, 0.15) is 28.9 Å². The number of carbonyl (C=O) groups is 1. The molecule has 6 heteroatoms. The molecule has 0 spiro atoms. The van der Waals surface area contributed by atoms with E-state index in [1.54, 1.807) is 30.3 Å². The van der Waals surface area contributed by atoms with Crippen molar-refractivity contribution >= 4 is 5.78 Å². The van der Waals surface area contributed by atoms with Crippen molar-refractivity contribution in [2.45, 2.75) is 12.5 Å². The lowest BCUT2D eigenvalue weighted by molar-refractivity contribution is 0.0843. The Morgan fingerprint density at radius 1 is 1.04 bits per heavy atom. The van der Waals surface area contributed by atoms with Gasteiger partial charge in [0.25, 0.3) is 0 Å². The summed E-state index contributed by atoms with van der Waals surface area (Å²) in [6, 6.07) is 8.25. The smallest absolute Gasteiger partial charge is 0.174 e. The predicted molar refractivity (Wildman–Crippen MR) is 86.5 cm³/mol. The van der Waals surface area contributed by atoms with E-state index in [4.69, 9.17) is 18.9 Å². The highest BCUT2D eigenvalue weighted by atomic mass is 16.5. The van der Waals surface area contributed by atoms with Gasteiger partial charge in [-0.1, -0.05) is 6.07 Å². The van der Waals surface area contributed by atoms with E-state index in [9.17, 15) is 9.90 Å². The quantitative estimate of drug-likeness (QED) is 0.928. The molecule has 0 aromatic heterocycles. The molecule has 6 nitrogen and oxygen atoms in total. The number of ether oxygens (including phenoxy) is 4. The Bertz CT molecular complexity index is 783. The molecule has 2 aromatic carbocycles. The van der Waals surface area contributed by atoms with E-state index in [1.165, 1.54) is 21.3 Å². The van der Waals surface area contributed by atoms with E-state index < -0.39 is 6.10 Å². The van der Waals surface area contributed by atoms with Crippen molar-refractivity contribution in [2.75, 3.05) is 21.3 Å². The van der Waals surface area contributed by atoms with Crippen LogP contribution in [0.25, 0.3) is 0 Å². The molecule has 0 fully saturated rings. The number of phenols is 1. The van der Waals surface area contributed by atoms with Gasteiger partial charge in [-0.15, -0.1) is 0 Å². The molecule has 0 saturated heterocycles. The molecule has 0 aliphatic carbocycles. The Balaban J connectivity index is 2.00. The number of phenolic OH excluding ortho intramolecular Hbond substituents is 1. The summed E-state index contributed by atoms with van der Waals surface area (Å²) in [6.07, 6.45) is -0.347. The van der Waals surface area contributed by atoms with E-state index in [0.29, 0.717) is 34.1 Å². The number of fused-ring (bicyclic) bond motifs is 1. The Hall–Kier alpha value is -2.89. The molecule has 1 atom stereocenters. The maximum atomic E-state index is 12.6. The lowest BCUT2D eigenvalue weighted by atomic mass is 9.95. The second-order valence-electron chi connectivity index (χ2n) is 5.37. The summed E-state index contributed by atoms with van der Waals surface area (Å²) >= 11 is 0. The number of benzene rings is 2. The molecule has 0 saturated carbocycles. The van der Waals surface area contributed by atoms with Crippen molar-refractivity contribution < 1.29 is 28.8 Å². The van der Waals surface area contributed by atoms with E-state index >= 15 is 0 Å². The van der Waals surface area contributed by atoms with Gasteiger partial charge in [0.05, 0.1) is 27.8 Å². The van der Waals surface area contributed by atoms with Gasteiger partial charge >= 0.3 is 0 Å². The van der Waals surface area contributed by atoms with Crippen LogP contribution in [0.15, 0.2) is 30.3 Å². The summed E-state index contributed by atoms with van der Waals surface area (Å²) < 4.78 is 21.5. The second kappa shape index (κ2) is 6.31. The van der Waals surface area contributed by atoms with E-state index in [1.807, 2.05) is 0 Å². The summed E-state index contributed by atoms with van der Waals surface area (Å²) in [5, 5.41) is 9.94. The average molecular weight is 330 g/mol. The van der Waals surface area contributed by atoms with Crippen LogP contribution < -0.4 is 18.9 Å². The lowest BCUT2D eigenvalue weighted by Gasteiger charge is -2.27. The van der Waals surface area contributed by atoms with Crippen molar-refractivity contribution in [1.29, 1.82) is 0 Å². The first-order valence-corrected chi connectivity index (χ1v) is 7.40. The molecule has 2 aromatic rings. The lowest BCUT2D eigenvalue weighted by Crippen LogP contribution is -2.21. The number of hydrogen-bond acceptors (Lipinski definition) is 6. The Morgan fingerprint density at radius 3 is 2.42 bits per heavy atom. The maximum absolute atomic E-state index is 12.6. The summed E-state index contributed by atoms with van der Waals surface area (Å²) in [7, 11) is 4.50. The van der Waals surface area contributed by atoms with Crippen LogP contribution in [0.1, 0.15) is 28.4 Å². The Kier molecular flexibility index (Phi) is 4.20. The highest BCUT2D eigenvalue weighted by Crippen LogP contribution is 2.43. The minimum Gasteiger partial charge on any atom is -0.504 e. The van der Waals surface area contributed by atoms with Crippen molar-refractivity contribution in [3.05, 3.63) is 41.5 Å². The molecular formula is C18H18O6. The topological polar surface area (TPSA) is 74.2 Å². The van der Waals surface area contributed by atoms with Gasteiger partial charge in [-0.05, 0) is 17.7 Å². The largest absolute Gasteiger partial charge is 0.504 e. The average Bonchev–Trinajstić information content (AvgIpc) is 2.60. The number of methoxy groups -OCH3 is 3. The predicted octanol–water partition coefficient (Wildman–Crippen LogP) is 3.12. The van der Waals surface area contributed by atoms with Gasteiger partial charge in [-0.2, -0.15) is 0 Å². The van der Waals surface area contributed by atoms with E-state index in [2.05, 4.69) is 0 Å². The first kappa shape index (κ1) is 16.0. The van der Waals surface area contributed by atoms with Gasteiger partial charge in [-0.3, -0.25) is 4.79 Å². The third kappa shape index (κ3) is 2.71. The zero-order chi connectivity index (χ0) is 17.3. The first-order valence-electron chi connectivity index (χ1n) is 7.40. The minimum atomic E-state index is -0.501. The number of ketones is 1. The minimum absolute atomic E-state index is 0.0000636. The number of Topliss-reactive ketones (excluding diaryl/α,β-unsaturated/α-hetero) is 1. The van der Waals surface area contributed by atoms with Gasteiger partial charge in [0.15, 0.2) is 17.3 Å². The summed E-state index contributed by atoms with van der Waals surface area (Å²) in [6.45, 7) is 0. The van der Waals surface area contributed by atoms with Crippen molar-refractivity contribution in [3.8, 4) is 28.7 Å². The Labute approximate surface area is 139 Å². The van der Waals surface area contributed by atoms with Crippen LogP contribution in [0.4, 0.5) is 0 Å². The Morgan fingerprint density at radius 2 is 1.79 bits per heavy atom. The number of aromatic hydroxyl groups is 1. The highest BCUT2D eigenvalue weighted by molar-refractivity contribution is 6.02. The normalized spacial score (nSPS) is 16.1. The summed E-state index contributed by atoms with van der Waals surface area (Å²) in [5.74, 6) is 1.64. The van der Waals surface area contributed by atoms with Crippen LogP contribution in [0.2, 0.25) is 0 Å². The fourth-order valence-electron chi connectivity index (χ4n) is 2.77. The zero-order valence-electron chi connectivity index (χ0n) is 13.7. The van der Waals surface area contributed by atoms with Gasteiger partial charge in [-0.25, -0.2) is 0 Å². The van der Waals surface area contributed by atoms with Crippen LogP contribution in [0, 0.1) is 0 Å². The monoisotopic (exact) mass is 330 g/mol. The molecule has 24 heavy (non-hydrogen) atoms. The third-order valence-electron chi connectivity index (χ3n) is 3.99. The van der Waals surface area contributed by atoms with Crippen LogP contribution in [0.5, 0.6) is 28.7 Å². The molecule has 3 rings (SSSR count). The van der Waals surface area contributed by atoms with E-state index in [0.717, 1.165) is 0 Å².